The summed E-state index contributed by atoms with van der Waals surface area (Å²) >= 11 is 0. The SMILES string of the molecule is N#CC1=C(N)n2c(nc3ccccc32)C(C(=O)c2ccccc2)C1c1ccc([N+](=O)[O-])cc1. The van der Waals surface area contributed by atoms with Gasteiger partial charge in [-0.25, -0.2) is 4.98 Å². The second-order valence-electron chi connectivity index (χ2n) is 7.74. The summed E-state index contributed by atoms with van der Waals surface area (Å²) in [5, 5.41) is 21.2. The van der Waals surface area contributed by atoms with Crippen molar-refractivity contribution in [1.82, 2.24) is 9.55 Å². The average molecular weight is 435 g/mol. The van der Waals surface area contributed by atoms with Gasteiger partial charge in [-0.05, 0) is 17.7 Å². The van der Waals surface area contributed by atoms with Crippen molar-refractivity contribution in [3.63, 3.8) is 0 Å². The van der Waals surface area contributed by atoms with Gasteiger partial charge in [-0.2, -0.15) is 5.26 Å². The van der Waals surface area contributed by atoms with Crippen molar-refractivity contribution in [1.29, 1.82) is 5.26 Å². The van der Waals surface area contributed by atoms with Gasteiger partial charge >= 0.3 is 0 Å². The standard InChI is InChI=1S/C25H17N5O3/c26-14-18-21(15-10-12-17(13-11-15)30(32)33)22(23(31)16-6-2-1-3-7-16)25-28-19-8-4-5-9-20(19)29(25)24(18)27/h1-13,21-22H,27H2. The molecule has 0 spiro atoms. The number of hydrogen-bond donors (Lipinski definition) is 1. The summed E-state index contributed by atoms with van der Waals surface area (Å²) in [5.74, 6) is -1.17. The predicted octanol–water partition coefficient (Wildman–Crippen LogP) is 4.36. The van der Waals surface area contributed by atoms with E-state index in [-0.39, 0.29) is 22.9 Å². The first kappa shape index (κ1) is 20.2. The van der Waals surface area contributed by atoms with Gasteiger partial charge in [0.1, 0.15) is 11.6 Å². The smallest absolute Gasteiger partial charge is 0.269 e. The molecule has 1 aliphatic rings. The number of para-hydroxylation sites is 2. The van der Waals surface area contributed by atoms with E-state index in [9.17, 15) is 20.2 Å². The van der Waals surface area contributed by atoms with E-state index in [0.717, 1.165) is 0 Å². The van der Waals surface area contributed by atoms with Crippen molar-refractivity contribution in [2.45, 2.75) is 11.8 Å². The number of ketones is 1. The lowest BCUT2D eigenvalue weighted by Gasteiger charge is -2.32. The molecule has 0 bridgehead atoms. The van der Waals surface area contributed by atoms with Gasteiger partial charge in [-0.3, -0.25) is 19.5 Å². The van der Waals surface area contributed by atoms with Crippen molar-refractivity contribution in [2.75, 3.05) is 0 Å². The number of allylic oxidation sites excluding steroid dienone is 1. The number of fused-ring (bicyclic) bond motifs is 3. The molecule has 0 amide bonds. The Labute approximate surface area is 188 Å². The van der Waals surface area contributed by atoms with Crippen molar-refractivity contribution in [3.8, 4) is 6.07 Å². The minimum absolute atomic E-state index is 0.0804. The molecule has 0 aliphatic carbocycles. The zero-order valence-corrected chi connectivity index (χ0v) is 17.3. The van der Waals surface area contributed by atoms with E-state index >= 15 is 0 Å². The fourth-order valence-corrected chi connectivity index (χ4v) is 4.44. The van der Waals surface area contributed by atoms with Crippen LogP contribution in [0.2, 0.25) is 0 Å². The number of carbonyl (C=O) groups is 1. The molecule has 2 N–H and O–H groups in total. The molecule has 0 fully saturated rings. The lowest BCUT2D eigenvalue weighted by molar-refractivity contribution is -0.384. The number of nitrogens with two attached hydrogens (primary N) is 1. The maximum Gasteiger partial charge on any atom is 0.269 e. The summed E-state index contributed by atoms with van der Waals surface area (Å²) in [6, 6.07) is 24.2. The molecule has 33 heavy (non-hydrogen) atoms. The van der Waals surface area contributed by atoms with Crippen LogP contribution in [0.1, 0.15) is 33.6 Å². The number of nitro benzene ring substituents is 1. The monoisotopic (exact) mass is 435 g/mol. The highest BCUT2D eigenvalue weighted by molar-refractivity contribution is 6.03. The van der Waals surface area contributed by atoms with E-state index in [1.54, 1.807) is 41.0 Å². The molecule has 3 aromatic carbocycles. The number of nitrogens with zero attached hydrogens (tertiary/aromatic N) is 4. The third-order valence-corrected chi connectivity index (χ3v) is 5.95. The fourth-order valence-electron chi connectivity index (χ4n) is 4.44. The van der Waals surface area contributed by atoms with Crippen LogP contribution in [-0.4, -0.2) is 20.3 Å². The number of non-ortho nitro benzene ring substituents is 1. The van der Waals surface area contributed by atoms with Gasteiger partial charge < -0.3 is 5.73 Å². The van der Waals surface area contributed by atoms with Gasteiger partial charge in [0.15, 0.2) is 5.78 Å². The summed E-state index contributed by atoms with van der Waals surface area (Å²) < 4.78 is 1.67. The van der Waals surface area contributed by atoms with Crippen LogP contribution in [0.3, 0.4) is 0 Å². The number of nitriles is 1. The number of rotatable bonds is 4. The zero-order chi connectivity index (χ0) is 23.1. The first-order valence-corrected chi connectivity index (χ1v) is 10.2. The second kappa shape index (κ2) is 7.73. The molecule has 8 nitrogen and oxygen atoms in total. The summed E-state index contributed by atoms with van der Waals surface area (Å²) in [4.78, 5) is 29.2. The molecular weight excluding hydrogens is 418 g/mol. The van der Waals surface area contributed by atoms with Crippen LogP contribution in [0.4, 0.5) is 5.69 Å². The van der Waals surface area contributed by atoms with E-state index in [0.29, 0.717) is 28.0 Å². The predicted molar refractivity (Wildman–Crippen MR) is 122 cm³/mol. The Morgan fingerprint density at radius 1 is 1.03 bits per heavy atom. The Balaban J connectivity index is 1.79. The minimum Gasteiger partial charge on any atom is -0.384 e. The van der Waals surface area contributed by atoms with Gasteiger partial charge in [0, 0.05) is 23.6 Å². The Hall–Kier alpha value is -4.77. The molecule has 0 radical (unpaired) electrons. The number of aromatic nitrogens is 2. The number of nitro groups is 1. The molecule has 2 heterocycles. The molecular formula is C25H17N5O3. The molecule has 2 unspecified atom stereocenters. The van der Waals surface area contributed by atoms with Gasteiger partial charge in [0.2, 0.25) is 0 Å². The molecule has 4 aromatic rings. The van der Waals surface area contributed by atoms with E-state index < -0.39 is 16.8 Å². The summed E-state index contributed by atoms with van der Waals surface area (Å²) in [6.07, 6.45) is 0. The number of benzene rings is 3. The van der Waals surface area contributed by atoms with E-state index in [2.05, 4.69) is 6.07 Å². The Kier molecular flexibility index (Phi) is 4.72. The Bertz CT molecular complexity index is 1480. The largest absolute Gasteiger partial charge is 0.384 e. The lowest BCUT2D eigenvalue weighted by Crippen LogP contribution is -2.32. The Morgan fingerprint density at radius 3 is 2.36 bits per heavy atom. The fraction of sp³-hybridized carbons (Fsp3) is 0.0800. The van der Waals surface area contributed by atoms with Gasteiger partial charge in [-0.1, -0.05) is 54.6 Å². The average Bonchev–Trinajstić information content (AvgIpc) is 3.24. The normalized spacial score (nSPS) is 17.4. The van der Waals surface area contributed by atoms with Gasteiger partial charge in [0.25, 0.3) is 5.69 Å². The summed E-state index contributed by atoms with van der Waals surface area (Å²) in [5.41, 5.74) is 9.02. The molecule has 8 heteroatoms. The van der Waals surface area contributed by atoms with Crippen LogP contribution in [-0.2, 0) is 0 Å². The van der Waals surface area contributed by atoms with Crippen LogP contribution in [0.15, 0.2) is 84.4 Å². The Morgan fingerprint density at radius 2 is 1.70 bits per heavy atom. The van der Waals surface area contributed by atoms with Crippen molar-refractivity contribution in [2.24, 2.45) is 5.73 Å². The van der Waals surface area contributed by atoms with Gasteiger partial charge in [-0.15, -0.1) is 0 Å². The first-order valence-electron chi connectivity index (χ1n) is 10.2. The number of Topliss-reactive ketones (excluding diaryl/α,β-unsaturated/α-hetero) is 1. The van der Waals surface area contributed by atoms with Crippen molar-refractivity contribution < 1.29 is 9.72 Å². The highest BCUT2D eigenvalue weighted by atomic mass is 16.6. The van der Waals surface area contributed by atoms with Gasteiger partial charge in [0.05, 0.1) is 33.5 Å². The van der Waals surface area contributed by atoms with E-state index in [1.165, 1.54) is 12.1 Å². The van der Waals surface area contributed by atoms with Crippen LogP contribution in [0, 0.1) is 21.4 Å². The van der Waals surface area contributed by atoms with E-state index in [4.69, 9.17) is 10.7 Å². The zero-order valence-electron chi connectivity index (χ0n) is 17.3. The number of imidazole rings is 1. The third-order valence-electron chi connectivity index (χ3n) is 5.95. The molecule has 160 valence electrons. The van der Waals surface area contributed by atoms with Crippen LogP contribution < -0.4 is 5.73 Å². The summed E-state index contributed by atoms with van der Waals surface area (Å²) in [6.45, 7) is 0. The molecule has 1 aliphatic heterocycles. The third kappa shape index (κ3) is 3.15. The maximum atomic E-state index is 13.8. The summed E-state index contributed by atoms with van der Waals surface area (Å²) in [7, 11) is 0. The lowest BCUT2D eigenvalue weighted by atomic mass is 9.75. The highest BCUT2D eigenvalue weighted by Crippen LogP contribution is 2.46. The topological polar surface area (TPSA) is 128 Å². The van der Waals surface area contributed by atoms with Crippen LogP contribution >= 0.6 is 0 Å². The van der Waals surface area contributed by atoms with E-state index in [1.807, 2.05) is 30.3 Å². The quantitative estimate of drug-likeness (QED) is 0.288. The molecule has 5 rings (SSSR count). The molecule has 1 aromatic heterocycles. The second-order valence-corrected chi connectivity index (χ2v) is 7.74. The number of carbonyl (C=O) groups excluding carboxylic acids is 1. The maximum absolute atomic E-state index is 13.8. The van der Waals surface area contributed by atoms with Crippen molar-refractivity contribution >= 4 is 28.3 Å². The van der Waals surface area contributed by atoms with Crippen LogP contribution in [0.25, 0.3) is 16.9 Å². The van der Waals surface area contributed by atoms with Crippen LogP contribution in [0.5, 0.6) is 0 Å². The molecule has 0 saturated heterocycles. The molecule has 0 saturated carbocycles. The number of hydrogen-bond acceptors (Lipinski definition) is 6. The van der Waals surface area contributed by atoms with Crippen molar-refractivity contribution in [3.05, 3.63) is 112 Å². The first-order chi connectivity index (χ1) is 16.0. The highest BCUT2D eigenvalue weighted by Gasteiger charge is 2.43. The molecule has 2 atom stereocenters. The minimum atomic E-state index is -0.844.